The van der Waals surface area contributed by atoms with E-state index in [4.69, 9.17) is 0 Å². The number of amides is 1. The lowest BCUT2D eigenvalue weighted by atomic mass is 10.1. The molecular weight excluding hydrogens is 369 g/mol. The first kappa shape index (κ1) is 19.3. The number of nitrogens with zero attached hydrogens (tertiary/aromatic N) is 2. The van der Waals surface area contributed by atoms with Crippen molar-refractivity contribution in [1.82, 2.24) is 9.97 Å². The molecule has 5 nitrogen and oxygen atoms in total. The van der Waals surface area contributed by atoms with Gasteiger partial charge in [-0.1, -0.05) is 42.0 Å². The maximum Gasteiger partial charge on any atom is 0.418 e. The number of aromatic nitrogens is 2. The van der Waals surface area contributed by atoms with Gasteiger partial charge in [-0.25, -0.2) is 9.97 Å². The van der Waals surface area contributed by atoms with Gasteiger partial charge in [-0.2, -0.15) is 13.2 Å². The summed E-state index contributed by atoms with van der Waals surface area (Å²) in [5.41, 5.74) is 0.830. The largest absolute Gasteiger partial charge is 0.418 e. The Morgan fingerprint density at radius 1 is 1.07 bits per heavy atom. The van der Waals surface area contributed by atoms with Gasteiger partial charge >= 0.3 is 6.18 Å². The average molecular weight is 386 g/mol. The molecule has 3 rings (SSSR count). The van der Waals surface area contributed by atoms with Gasteiger partial charge in [-0.3, -0.25) is 4.79 Å². The lowest BCUT2D eigenvalue weighted by Crippen LogP contribution is -2.18. The average Bonchev–Trinajstić information content (AvgIpc) is 2.66. The van der Waals surface area contributed by atoms with Crippen LogP contribution in [0.15, 0.2) is 60.8 Å². The number of aryl methyl sites for hydroxylation is 1. The van der Waals surface area contributed by atoms with E-state index >= 15 is 0 Å². The molecule has 0 radical (unpaired) electrons. The summed E-state index contributed by atoms with van der Waals surface area (Å²) in [5, 5.41) is 5.27. The van der Waals surface area contributed by atoms with Crippen molar-refractivity contribution >= 4 is 17.5 Å². The second-order valence-electron chi connectivity index (χ2n) is 6.11. The van der Waals surface area contributed by atoms with Gasteiger partial charge in [0.05, 0.1) is 11.3 Å². The van der Waals surface area contributed by atoms with E-state index in [0.29, 0.717) is 6.54 Å². The Hall–Kier alpha value is -3.42. The quantitative estimate of drug-likeness (QED) is 0.669. The molecule has 0 unspecified atom stereocenters. The zero-order valence-corrected chi connectivity index (χ0v) is 14.9. The zero-order valence-electron chi connectivity index (χ0n) is 14.9. The van der Waals surface area contributed by atoms with Crippen LogP contribution in [0.3, 0.4) is 0 Å². The van der Waals surface area contributed by atoms with E-state index in [1.54, 1.807) is 0 Å². The van der Waals surface area contributed by atoms with Crippen LogP contribution < -0.4 is 10.6 Å². The molecule has 144 valence electrons. The molecule has 0 saturated carbocycles. The first-order valence-electron chi connectivity index (χ1n) is 8.43. The van der Waals surface area contributed by atoms with E-state index in [-0.39, 0.29) is 17.3 Å². The van der Waals surface area contributed by atoms with E-state index in [1.807, 2.05) is 31.2 Å². The van der Waals surface area contributed by atoms with Crippen molar-refractivity contribution in [1.29, 1.82) is 0 Å². The minimum atomic E-state index is -4.57. The molecule has 3 aromatic rings. The van der Waals surface area contributed by atoms with Gasteiger partial charge in [0.15, 0.2) is 0 Å². The molecule has 0 spiro atoms. The molecule has 0 aliphatic carbocycles. The molecule has 0 aliphatic rings. The fourth-order valence-corrected chi connectivity index (χ4v) is 2.60. The van der Waals surface area contributed by atoms with Crippen molar-refractivity contribution < 1.29 is 18.0 Å². The van der Waals surface area contributed by atoms with Crippen LogP contribution in [0.25, 0.3) is 0 Å². The van der Waals surface area contributed by atoms with E-state index < -0.39 is 17.6 Å². The van der Waals surface area contributed by atoms with Crippen LogP contribution in [-0.2, 0) is 12.7 Å². The summed E-state index contributed by atoms with van der Waals surface area (Å²) in [7, 11) is 0. The van der Waals surface area contributed by atoms with Crippen LogP contribution in [0.1, 0.15) is 27.2 Å². The van der Waals surface area contributed by atoms with Crippen molar-refractivity contribution in [3.05, 3.63) is 83.2 Å². The van der Waals surface area contributed by atoms with Crippen molar-refractivity contribution in [3.63, 3.8) is 0 Å². The second-order valence-corrected chi connectivity index (χ2v) is 6.11. The van der Waals surface area contributed by atoms with Crippen molar-refractivity contribution in [2.75, 3.05) is 10.6 Å². The third kappa shape index (κ3) is 4.85. The van der Waals surface area contributed by atoms with Gasteiger partial charge in [-0.15, -0.1) is 0 Å². The molecular formula is C20H17F3N4O. The van der Waals surface area contributed by atoms with Crippen molar-refractivity contribution in [2.24, 2.45) is 0 Å². The highest BCUT2D eigenvalue weighted by Crippen LogP contribution is 2.34. The highest BCUT2D eigenvalue weighted by Gasteiger charge is 2.33. The maximum atomic E-state index is 13.1. The molecule has 2 aromatic carbocycles. The van der Waals surface area contributed by atoms with Gasteiger partial charge in [-0.05, 0) is 30.7 Å². The summed E-state index contributed by atoms with van der Waals surface area (Å²) in [6, 6.07) is 13.9. The normalized spacial score (nSPS) is 11.1. The molecule has 1 aromatic heterocycles. The number of halogens is 3. The summed E-state index contributed by atoms with van der Waals surface area (Å²) in [5.74, 6) is -0.545. The Balaban J connectivity index is 1.73. The molecule has 1 heterocycles. The molecule has 28 heavy (non-hydrogen) atoms. The predicted octanol–water partition coefficient (Wildman–Crippen LogP) is 4.67. The Morgan fingerprint density at radius 3 is 2.61 bits per heavy atom. The smallest absolute Gasteiger partial charge is 0.350 e. The summed E-state index contributed by atoms with van der Waals surface area (Å²) >= 11 is 0. The van der Waals surface area contributed by atoms with E-state index in [2.05, 4.69) is 20.6 Å². The molecule has 1 amide bonds. The first-order chi connectivity index (χ1) is 13.3. The van der Waals surface area contributed by atoms with E-state index in [0.717, 1.165) is 17.2 Å². The number of alkyl halides is 3. The van der Waals surface area contributed by atoms with Gasteiger partial charge in [0.2, 0.25) is 5.95 Å². The predicted molar refractivity (Wildman–Crippen MR) is 99.9 cm³/mol. The maximum absolute atomic E-state index is 13.1. The van der Waals surface area contributed by atoms with Crippen LogP contribution in [0, 0.1) is 6.92 Å². The van der Waals surface area contributed by atoms with Crippen LogP contribution in [0.5, 0.6) is 0 Å². The number of hydrogen-bond donors (Lipinski definition) is 2. The number of carbonyl (C=O) groups excluding carboxylic acids is 1. The van der Waals surface area contributed by atoms with Gasteiger partial charge in [0, 0.05) is 12.7 Å². The third-order valence-electron chi connectivity index (χ3n) is 3.90. The molecule has 0 saturated heterocycles. The number of rotatable bonds is 5. The number of nitrogens with one attached hydrogen (secondary N) is 2. The SMILES string of the molecule is Cc1cccc(CNc2nccc(C(=O)Nc3ccccc3C(F)(F)F)n2)c1. The number of hydrogen-bond acceptors (Lipinski definition) is 4. The summed E-state index contributed by atoms with van der Waals surface area (Å²) < 4.78 is 39.2. The number of para-hydroxylation sites is 1. The fourth-order valence-electron chi connectivity index (χ4n) is 2.60. The highest BCUT2D eigenvalue weighted by atomic mass is 19.4. The van der Waals surface area contributed by atoms with E-state index in [9.17, 15) is 18.0 Å². The standard InChI is InChI=1S/C20H17F3N4O/c1-13-5-4-6-14(11-13)12-25-19-24-10-9-17(27-19)18(28)26-16-8-3-2-7-15(16)20(21,22)23/h2-11H,12H2,1H3,(H,26,28)(H,24,25,27). The number of benzene rings is 2. The Bertz CT molecular complexity index is 989. The van der Waals surface area contributed by atoms with Crippen LogP contribution >= 0.6 is 0 Å². The van der Waals surface area contributed by atoms with Gasteiger partial charge in [0.25, 0.3) is 5.91 Å². The van der Waals surface area contributed by atoms with Gasteiger partial charge in [0.1, 0.15) is 5.69 Å². The van der Waals surface area contributed by atoms with Gasteiger partial charge < -0.3 is 10.6 Å². The molecule has 0 atom stereocenters. The second kappa shape index (κ2) is 8.08. The third-order valence-corrected chi connectivity index (χ3v) is 3.90. The minimum Gasteiger partial charge on any atom is -0.350 e. The first-order valence-corrected chi connectivity index (χ1v) is 8.43. The topological polar surface area (TPSA) is 66.9 Å². The Morgan fingerprint density at radius 2 is 1.86 bits per heavy atom. The molecule has 2 N–H and O–H groups in total. The van der Waals surface area contributed by atoms with Crippen molar-refractivity contribution in [2.45, 2.75) is 19.6 Å². The van der Waals surface area contributed by atoms with E-state index in [1.165, 1.54) is 30.5 Å². The Kier molecular flexibility index (Phi) is 5.58. The lowest BCUT2D eigenvalue weighted by molar-refractivity contribution is -0.136. The number of anilines is 2. The monoisotopic (exact) mass is 386 g/mol. The van der Waals surface area contributed by atoms with Crippen LogP contribution in [0.2, 0.25) is 0 Å². The zero-order chi connectivity index (χ0) is 20.1. The fraction of sp³-hybridized carbons (Fsp3) is 0.150. The number of carbonyl (C=O) groups is 1. The van der Waals surface area contributed by atoms with Crippen LogP contribution in [-0.4, -0.2) is 15.9 Å². The Labute approximate surface area is 159 Å². The van der Waals surface area contributed by atoms with Crippen molar-refractivity contribution in [3.8, 4) is 0 Å². The molecule has 8 heteroatoms. The molecule has 0 bridgehead atoms. The highest BCUT2D eigenvalue weighted by molar-refractivity contribution is 6.03. The molecule has 0 aliphatic heterocycles. The summed E-state index contributed by atoms with van der Waals surface area (Å²) in [6.07, 6.45) is -3.20. The molecule has 0 fully saturated rings. The minimum absolute atomic E-state index is 0.0429. The summed E-state index contributed by atoms with van der Waals surface area (Å²) in [6.45, 7) is 2.42. The lowest BCUT2D eigenvalue weighted by Gasteiger charge is -2.13. The van der Waals surface area contributed by atoms with Crippen LogP contribution in [0.4, 0.5) is 24.8 Å². The summed E-state index contributed by atoms with van der Waals surface area (Å²) in [4.78, 5) is 20.5.